The summed E-state index contributed by atoms with van der Waals surface area (Å²) < 4.78 is 3.78. The number of aromatic carboxylic acids is 1. The van der Waals surface area contributed by atoms with Gasteiger partial charge in [-0.1, -0.05) is 23.2 Å². The minimum absolute atomic E-state index is 0.00845. The number of hydrogen-bond donors (Lipinski definition) is 2. The molecule has 0 spiro atoms. The summed E-state index contributed by atoms with van der Waals surface area (Å²) in [5, 5.41) is 19.9. The average molecular weight is 452 g/mol. The second-order valence-electron chi connectivity index (χ2n) is 8.28. The molecule has 3 aromatic heterocycles. The largest absolute Gasteiger partial charge is 0.476 e. The lowest BCUT2D eigenvalue weighted by atomic mass is 9.97. The molecular formula is C23H22ClN5O3. The Morgan fingerprint density at radius 2 is 2.12 bits per heavy atom. The summed E-state index contributed by atoms with van der Waals surface area (Å²) in [4.78, 5) is 28.7. The van der Waals surface area contributed by atoms with E-state index >= 15 is 0 Å². The molecule has 1 aromatic carbocycles. The predicted octanol–water partition coefficient (Wildman–Crippen LogP) is 4.03. The summed E-state index contributed by atoms with van der Waals surface area (Å²) >= 11 is 5.84. The first-order valence-corrected chi connectivity index (χ1v) is 10.9. The molecular weight excluding hydrogens is 430 g/mol. The Kier molecular flexibility index (Phi) is 4.89. The van der Waals surface area contributed by atoms with Crippen molar-refractivity contribution in [2.45, 2.75) is 39.3 Å². The zero-order valence-corrected chi connectivity index (χ0v) is 18.5. The Bertz CT molecular complexity index is 1460. The van der Waals surface area contributed by atoms with E-state index in [-0.39, 0.29) is 22.4 Å². The average Bonchev–Trinajstić information content (AvgIpc) is 3.19. The SMILES string of the molecule is Cc1cc(CCNc2ccc(Cl)nc2C(=O)O)c2c(c1)c(=O)n1c3c2cnn3[C@@H](C)CC1. The zero-order valence-electron chi connectivity index (χ0n) is 17.7. The van der Waals surface area contributed by atoms with Crippen molar-refractivity contribution in [1.82, 2.24) is 19.3 Å². The third-order valence-electron chi connectivity index (χ3n) is 6.10. The maximum absolute atomic E-state index is 13.3. The highest BCUT2D eigenvalue weighted by molar-refractivity contribution is 6.29. The van der Waals surface area contributed by atoms with Gasteiger partial charge in [-0.3, -0.25) is 9.36 Å². The normalized spacial score (nSPS) is 15.4. The molecule has 1 aliphatic heterocycles. The van der Waals surface area contributed by atoms with E-state index in [4.69, 9.17) is 11.6 Å². The van der Waals surface area contributed by atoms with Gasteiger partial charge in [-0.15, -0.1) is 0 Å². The summed E-state index contributed by atoms with van der Waals surface area (Å²) in [7, 11) is 0. The van der Waals surface area contributed by atoms with Gasteiger partial charge in [0.15, 0.2) is 5.69 Å². The number of benzene rings is 1. The van der Waals surface area contributed by atoms with Crippen LogP contribution in [0.25, 0.3) is 21.8 Å². The van der Waals surface area contributed by atoms with Crippen molar-refractivity contribution in [2.75, 3.05) is 11.9 Å². The van der Waals surface area contributed by atoms with Gasteiger partial charge in [0.05, 0.1) is 17.9 Å². The molecule has 0 fully saturated rings. The van der Waals surface area contributed by atoms with Gasteiger partial charge in [0.25, 0.3) is 5.56 Å². The van der Waals surface area contributed by atoms with Gasteiger partial charge in [0.1, 0.15) is 10.8 Å². The number of carboxylic acid groups (broad SMARTS) is 1. The quantitative estimate of drug-likeness (QED) is 0.444. The second-order valence-corrected chi connectivity index (χ2v) is 8.67. The highest BCUT2D eigenvalue weighted by atomic mass is 35.5. The standard InChI is InChI=1S/C23H22ClN5O3/c1-12-9-14(5-7-25-17-3-4-18(24)27-20(17)23(31)32)19-15(10-12)22(30)28-8-6-13(2)29-21(28)16(19)11-26-29/h3-4,9-11,13,25H,5-8H2,1-2H3,(H,31,32)/t13-/m0/s1. The molecule has 0 saturated heterocycles. The van der Waals surface area contributed by atoms with Crippen LogP contribution in [0.5, 0.6) is 0 Å². The number of carbonyl (C=O) groups is 1. The van der Waals surface area contributed by atoms with E-state index in [0.717, 1.165) is 34.0 Å². The third kappa shape index (κ3) is 3.22. The number of aryl methyl sites for hydroxylation is 2. The lowest BCUT2D eigenvalue weighted by molar-refractivity contribution is 0.0691. The van der Waals surface area contributed by atoms with Gasteiger partial charge in [0, 0.05) is 29.2 Å². The Morgan fingerprint density at radius 3 is 2.91 bits per heavy atom. The molecule has 1 atom stereocenters. The maximum atomic E-state index is 13.3. The first-order chi connectivity index (χ1) is 15.3. The molecule has 1 aliphatic rings. The number of carboxylic acids is 1. The molecule has 5 rings (SSSR count). The van der Waals surface area contributed by atoms with E-state index in [1.165, 1.54) is 0 Å². The summed E-state index contributed by atoms with van der Waals surface area (Å²) in [5.74, 6) is -1.14. The van der Waals surface area contributed by atoms with Crippen molar-refractivity contribution in [2.24, 2.45) is 0 Å². The molecule has 2 N–H and O–H groups in total. The number of hydrogen-bond acceptors (Lipinski definition) is 5. The number of aromatic nitrogens is 4. The van der Waals surface area contributed by atoms with Gasteiger partial charge < -0.3 is 10.4 Å². The van der Waals surface area contributed by atoms with Gasteiger partial charge >= 0.3 is 5.97 Å². The molecule has 0 aliphatic carbocycles. The van der Waals surface area contributed by atoms with Gasteiger partial charge in [-0.05, 0) is 50.5 Å². The van der Waals surface area contributed by atoms with Crippen molar-refractivity contribution in [3.8, 4) is 0 Å². The number of nitrogens with one attached hydrogen (secondary N) is 1. The van der Waals surface area contributed by atoms with Crippen molar-refractivity contribution in [1.29, 1.82) is 0 Å². The van der Waals surface area contributed by atoms with Gasteiger partial charge in [-0.25, -0.2) is 14.5 Å². The van der Waals surface area contributed by atoms with Crippen LogP contribution in [0.1, 0.15) is 41.0 Å². The smallest absolute Gasteiger partial charge is 0.356 e. The molecule has 8 nitrogen and oxygen atoms in total. The molecule has 0 bridgehead atoms. The van der Waals surface area contributed by atoms with E-state index in [1.54, 1.807) is 12.1 Å². The highest BCUT2D eigenvalue weighted by Gasteiger charge is 2.24. The van der Waals surface area contributed by atoms with E-state index in [1.807, 2.05) is 28.4 Å². The molecule has 0 amide bonds. The topological polar surface area (TPSA) is 102 Å². The van der Waals surface area contributed by atoms with Crippen LogP contribution in [0.4, 0.5) is 5.69 Å². The Hall–Kier alpha value is -3.39. The van der Waals surface area contributed by atoms with E-state index in [9.17, 15) is 14.7 Å². The van der Waals surface area contributed by atoms with E-state index < -0.39 is 5.97 Å². The number of nitrogens with zero attached hydrogens (tertiary/aromatic N) is 4. The van der Waals surface area contributed by atoms with E-state index in [0.29, 0.717) is 30.6 Å². The second kappa shape index (κ2) is 7.63. The van der Waals surface area contributed by atoms with Gasteiger partial charge in [-0.2, -0.15) is 5.10 Å². The Balaban J connectivity index is 1.57. The lowest BCUT2D eigenvalue weighted by Crippen LogP contribution is -2.29. The highest BCUT2D eigenvalue weighted by Crippen LogP contribution is 2.32. The Morgan fingerprint density at radius 1 is 1.31 bits per heavy atom. The summed E-state index contributed by atoms with van der Waals surface area (Å²) in [6.45, 7) is 5.25. The number of fused-ring (bicyclic) bond motifs is 2. The van der Waals surface area contributed by atoms with Crippen LogP contribution in [0.3, 0.4) is 0 Å². The summed E-state index contributed by atoms with van der Waals surface area (Å²) in [5.41, 5.74) is 3.20. The predicted molar refractivity (Wildman–Crippen MR) is 124 cm³/mol. The fourth-order valence-corrected chi connectivity index (χ4v) is 4.78. The van der Waals surface area contributed by atoms with E-state index in [2.05, 4.69) is 28.4 Å². The fourth-order valence-electron chi connectivity index (χ4n) is 4.63. The van der Waals surface area contributed by atoms with Crippen molar-refractivity contribution in [3.63, 3.8) is 0 Å². The van der Waals surface area contributed by atoms with Crippen LogP contribution in [-0.4, -0.2) is 37.0 Å². The Labute approximate surface area is 188 Å². The lowest BCUT2D eigenvalue weighted by Gasteiger charge is -2.23. The number of halogens is 1. The summed E-state index contributed by atoms with van der Waals surface area (Å²) in [6, 6.07) is 7.43. The number of pyridine rings is 2. The molecule has 9 heteroatoms. The third-order valence-corrected chi connectivity index (χ3v) is 6.31. The first kappa shape index (κ1) is 20.5. The monoisotopic (exact) mass is 451 g/mol. The van der Waals surface area contributed by atoms with Crippen LogP contribution < -0.4 is 10.9 Å². The fraction of sp³-hybridized carbons (Fsp3) is 0.304. The molecule has 164 valence electrons. The number of rotatable bonds is 5. The van der Waals surface area contributed by atoms with Crippen LogP contribution in [-0.2, 0) is 13.0 Å². The first-order valence-electron chi connectivity index (χ1n) is 10.5. The molecule has 0 saturated carbocycles. The van der Waals surface area contributed by atoms with Crippen molar-refractivity contribution >= 4 is 45.1 Å². The molecule has 32 heavy (non-hydrogen) atoms. The van der Waals surface area contributed by atoms with Gasteiger partial charge in [0.2, 0.25) is 0 Å². The van der Waals surface area contributed by atoms with Crippen LogP contribution in [0, 0.1) is 6.92 Å². The minimum Gasteiger partial charge on any atom is -0.476 e. The maximum Gasteiger partial charge on any atom is 0.356 e. The van der Waals surface area contributed by atoms with Crippen molar-refractivity contribution < 1.29 is 9.90 Å². The van der Waals surface area contributed by atoms with Crippen LogP contribution in [0.15, 0.2) is 35.3 Å². The zero-order chi connectivity index (χ0) is 22.6. The summed E-state index contributed by atoms with van der Waals surface area (Å²) in [6.07, 6.45) is 3.32. The number of anilines is 1. The molecule has 0 radical (unpaired) electrons. The van der Waals surface area contributed by atoms with Crippen LogP contribution >= 0.6 is 11.6 Å². The molecule has 4 aromatic rings. The molecule has 0 unspecified atom stereocenters. The molecule has 4 heterocycles. The van der Waals surface area contributed by atoms with Crippen molar-refractivity contribution in [3.05, 3.63) is 62.8 Å². The minimum atomic E-state index is -1.14. The van der Waals surface area contributed by atoms with Crippen LogP contribution in [0.2, 0.25) is 5.15 Å².